The number of amides is 2. The molecular formula is C24H27N3O4S2. The Kier molecular flexibility index (Phi) is 6.20. The predicted molar refractivity (Wildman–Crippen MR) is 129 cm³/mol. The molecule has 7 nitrogen and oxygen atoms in total. The number of hydrogen-bond acceptors (Lipinski definition) is 5. The minimum atomic E-state index is -3.51. The van der Waals surface area contributed by atoms with Gasteiger partial charge in [0.1, 0.15) is 6.04 Å². The van der Waals surface area contributed by atoms with Crippen molar-refractivity contribution in [3.63, 3.8) is 0 Å². The van der Waals surface area contributed by atoms with E-state index in [2.05, 4.69) is 0 Å². The number of hydrogen-bond donors (Lipinski definition) is 0. The van der Waals surface area contributed by atoms with E-state index >= 15 is 0 Å². The molecule has 1 atom stereocenters. The largest absolute Gasteiger partial charge is 0.316 e. The van der Waals surface area contributed by atoms with Gasteiger partial charge in [0.05, 0.1) is 10.8 Å². The molecule has 2 fully saturated rings. The lowest BCUT2D eigenvalue weighted by Gasteiger charge is -2.28. The summed E-state index contributed by atoms with van der Waals surface area (Å²) in [5, 5.41) is 0. The fraction of sp³-hybridized carbons (Fsp3) is 0.417. The standard InChI is InChI=1S/C24H27N3O4S2/c28-23(18-7-3-1-4-8-18)27-17-32-16-22(27)24(29)26-14-11-19-15-20(9-10-21(19)26)33(30,31)25-12-5-2-6-13-25/h1,3-4,7-10,15,22H,2,5-6,11-14,16-17H2/t22-/m0/s1. The van der Waals surface area contributed by atoms with Gasteiger partial charge in [-0.1, -0.05) is 24.6 Å². The zero-order valence-corrected chi connectivity index (χ0v) is 20.0. The quantitative estimate of drug-likeness (QED) is 0.665. The van der Waals surface area contributed by atoms with Gasteiger partial charge >= 0.3 is 0 Å². The van der Waals surface area contributed by atoms with Gasteiger partial charge in [-0.05, 0) is 55.2 Å². The number of rotatable bonds is 4. The zero-order valence-electron chi connectivity index (χ0n) is 18.4. The first-order valence-electron chi connectivity index (χ1n) is 11.3. The third-order valence-electron chi connectivity index (χ3n) is 6.61. The first kappa shape index (κ1) is 22.4. The van der Waals surface area contributed by atoms with Crippen molar-refractivity contribution in [2.24, 2.45) is 0 Å². The maximum absolute atomic E-state index is 13.5. The number of anilines is 1. The fourth-order valence-corrected chi connectivity index (χ4v) is 7.51. The average molecular weight is 486 g/mol. The van der Waals surface area contributed by atoms with E-state index in [9.17, 15) is 18.0 Å². The number of benzene rings is 2. The van der Waals surface area contributed by atoms with Crippen LogP contribution in [0.2, 0.25) is 0 Å². The molecule has 3 heterocycles. The number of piperidine rings is 1. The molecule has 0 bridgehead atoms. The summed E-state index contributed by atoms with van der Waals surface area (Å²) in [7, 11) is -3.51. The van der Waals surface area contributed by atoms with Crippen LogP contribution in [0.25, 0.3) is 0 Å². The Morgan fingerprint density at radius 3 is 2.45 bits per heavy atom. The van der Waals surface area contributed by atoms with Crippen molar-refractivity contribution >= 4 is 39.3 Å². The second kappa shape index (κ2) is 9.12. The van der Waals surface area contributed by atoms with Crippen LogP contribution in [0.1, 0.15) is 35.2 Å². The van der Waals surface area contributed by atoms with Gasteiger partial charge in [0.2, 0.25) is 10.0 Å². The van der Waals surface area contributed by atoms with Crippen molar-refractivity contribution in [2.45, 2.75) is 36.6 Å². The fourth-order valence-electron chi connectivity index (χ4n) is 4.80. The van der Waals surface area contributed by atoms with Gasteiger partial charge in [-0.15, -0.1) is 11.8 Å². The van der Waals surface area contributed by atoms with Gasteiger partial charge in [-0.25, -0.2) is 8.42 Å². The van der Waals surface area contributed by atoms with Gasteiger partial charge in [0.15, 0.2) is 0 Å². The molecule has 5 rings (SSSR count). The molecule has 0 radical (unpaired) electrons. The number of carbonyl (C=O) groups excluding carboxylic acids is 2. The van der Waals surface area contributed by atoms with Gasteiger partial charge in [-0.3, -0.25) is 9.59 Å². The van der Waals surface area contributed by atoms with Gasteiger partial charge in [0, 0.05) is 36.6 Å². The molecule has 0 unspecified atom stereocenters. The van der Waals surface area contributed by atoms with Crippen LogP contribution in [0.15, 0.2) is 53.4 Å². The minimum absolute atomic E-state index is 0.102. The molecule has 2 saturated heterocycles. The highest BCUT2D eigenvalue weighted by Crippen LogP contribution is 2.34. The zero-order chi connectivity index (χ0) is 23.0. The Morgan fingerprint density at radius 2 is 1.70 bits per heavy atom. The number of thioether (sulfide) groups is 1. The van der Waals surface area contributed by atoms with E-state index in [1.54, 1.807) is 56.2 Å². The van der Waals surface area contributed by atoms with Gasteiger partial charge < -0.3 is 9.80 Å². The summed E-state index contributed by atoms with van der Waals surface area (Å²) in [5.41, 5.74) is 2.20. The second-order valence-electron chi connectivity index (χ2n) is 8.65. The summed E-state index contributed by atoms with van der Waals surface area (Å²) in [4.78, 5) is 30.1. The Balaban J connectivity index is 1.36. The molecule has 33 heavy (non-hydrogen) atoms. The molecule has 0 N–H and O–H groups in total. The highest BCUT2D eigenvalue weighted by atomic mass is 32.2. The van der Waals surface area contributed by atoms with Crippen LogP contribution in [0.3, 0.4) is 0 Å². The van der Waals surface area contributed by atoms with Crippen LogP contribution in [-0.4, -0.2) is 66.7 Å². The van der Waals surface area contributed by atoms with Gasteiger partial charge in [-0.2, -0.15) is 4.31 Å². The summed E-state index contributed by atoms with van der Waals surface area (Å²) in [5.74, 6) is 0.804. The van der Waals surface area contributed by atoms with E-state index < -0.39 is 16.1 Å². The lowest BCUT2D eigenvalue weighted by Crippen LogP contribution is -2.48. The van der Waals surface area contributed by atoms with E-state index in [1.807, 2.05) is 18.2 Å². The molecule has 0 aliphatic carbocycles. The normalized spacial score (nSPS) is 21.3. The molecule has 3 aliphatic heterocycles. The molecule has 0 saturated carbocycles. The van der Waals surface area contributed by atoms with Gasteiger partial charge in [0.25, 0.3) is 11.8 Å². The number of nitrogens with zero attached hydrogens (tertiary/aromatic N) is 3. The number of fused-ring (bicyclic) bond motifs is 1. The van der Waals surface area contributed by atoms with Crippen molar-refractivity contribution < 1.29 is 18.0 Å². The summed E-state index contributed by atoms with van der Waals surface area (Å²) < 4.78 is 27.7. The SMILES string of the molecule is O=C([C@@H]1CSCN1C(=O)c1ccccc1)N1CCc2cc(S(=O)(=O)N3CCCCC3)ccc21. The van der Waals surface area contributed by atoms with E-state index in [0.717, 1.165) is 30.5 Å². The Hall–Kier alpha value is -2.36. The summed E-state index contributed by atoms with van der Waals surface area (Å²) in [6.07, 6.45) is 3.46. The molecule has 2 aromatic carbocycles. The van der Waals surface area contributed by atoms with Crippen LogP contribution in [0.5, 0.6) is 0 Å². The maximum atomic E-state index is 13.5. The van der Waals surface area contributed by atoms with Crippen LogP contribution in [0.4, 0.5) is 5.69 Å². The highest BCUT2D eigenvalue weighted by molar-refractivity contribution is 7.99. The Morgan fingerprint density at radius 1 is 0.939 bits per heavy atom. The molecular weight excluding hydrogens is 458 g/mol. The molecule has 2 amide bonds. The van der Waals surface area contributed by atoms with E-state index in [0.29, 0.717) is 48.1 Å². The van der Waals surface area contributed by atoms with Crippen LogP contribution in [0, 0.1) is 0 Å². The van der Waals surface area contributed by atoms with Crippen LogP contribution >= 0.6 is 11.8 Å². The third-order valence-corrected chi connectivity index (χ3v) is 9.52. The lowest BCUT2D eigenvalue weighted by atomic mass is 10.1. The molecule has 0 aromatic heterocycles. The number of carbonyl (C=O) groups is 2. The summed E-state index contributed by atoms with van der Waals surface area (Å²) in [6, 6.07) is 13.6. The lowest BCUT2D eigenvalue weighted by molar-refractivity contribution is -0.121. The first-order chi connectivity index (χ1) is 16.0. The first-order valence-corrected chi connectivity index (χ1v) is 13.9. The minimum Gasteiger partial charge on any atom is -0.316 e. The monoisotopic (exact) mass is 485 g/mol. The maximum Gasteiger partial charge on any atom is 0.255 e. The Bertz CT molecular complexity index is 1160. The van der Waals surface area contributed by atoms with Crippen LogP contribution in [-0.2, 0) is 21.2 Å². The van der Waals surface area contributed by atoms with Crippen molar-refractivity contribution in [1.82, 2.24) is 9.21 Å². The van der Waals surface area contributed by atoms with E-state index in [-0.39, 0.29) is 11.8 Å². The molecule has 2 aromatic rings. The van der Waals surface area contributed by atoms with Crippen molar-refractivity contribution in [2.75, 3.05) is 36.2 Å². The van der Waals surface area contributed by atoms with Crippen molar-refractivity contribution in [1.29, 1.82) is 0 Å². The Labute approximate surface area is 198 Å². The van der Waals surface area contributed by atoms with Crippen molar-refractivity contribution in [3.05, 3.63) is 59.7 Å². The predicted octanol–water partition coefficient (Wildman–Crippen LogP) is 2.97. The molecule has 3 aliphatic rings. The van der Waals surface area contributed by atoms with Crippen LogP contribution < -0.4 is 4.90 Å². The summed E-state index contributed by atoms with van der Waals surface area (Å²) in [6.45, 7) is 1.62. The molecule has 174 valence electrons. The molecule has 9 heteroatoms. The van der Waals surface area contributed by atoms with E-state index in [4.69, 9.17) is 0 Å². The average Bonchev–Trinajstić information content (AvgIpc) is 3.51. The number of sulfonamides is 1. The summed E-state index contributed by atoms with van der Waals surface area (Å²) >= 11 is 1.58. The smallest absolute Gasteiger partial charge is 0.255 e. The van der Waals surface area contributed by atoms with E-state index in [1.165, 1.54) is 0 Å². The van der Waals surface area contributed by atoms with Crippen molar-refractivity contribution in [3.8, 4) is 0 Å². The second-order valence-corrected chi connectivity index (χ2v) is 11.6. The third kappa shape index (κ3) is 4.18. The molecule has 0 spiro atoms. The highest BCUT2D eigenvalue weighted by Gasteiger charge is 2.40. The topological polar surface area (TPSA) is 78.0 Å².